The van der Waals surface area contributed by atoms with Crippen molar-refractivity contribution in [3.8, 4) is 22.3 Å². The first kappa shape index (κ1) is 27.8. The summed E-state index contributed by atoms with van der Waals surface area (Å²) in [5.74, 6) is 0. The topological polar surface area (TPSA) is 13.1 Å². The Labute approximate surface area is 300 Å². The molecule has 0 amide bonds. The van der Waals surface area contributed by atoms with Crippen molar-refractivity contribution in [2.45, 2.75) is 0 Å². The molecule has 0 atom stereocenters. The molecule has 12 rings (SSSR count). The van der Waals surface area contributed by atoms with Gasteiger partial charge in [-0.25, -0.2) is 0 Å². The Balaban J connectivity index is 1.11. The Kier molecular flexibility index (Phi) is 5.59. The zero-order valence-electron chi connectivity index (χ0n) is 27.2. The number of hydrogen-bond acceptors (Lipinski definition) is 3. The summed E-state index contributed by atoms with van der Waals surface area (Å²) in [7, 11) is 0. The van der Waals surface area contributed by atoms with Crippen LogP contribution in [-0.4, -0.2) is 0 Å². The molecule has 0 unspecified atom stereocenters. The number of rotatable bonds is 2. The third-order valence-corrected chi connectivity index (χ3v) is 13.2. The molecule has 0 N–H and O–H groups in total. The highest BCUT2D eigenvalue weighted by atomic mass is 32.1. The van der Waals surface area contributed by atoms with Gasteiger partial charge in [0.15, 0.2) is 0 Å². The lowest BCUT2D eigenvalue weighted by Crippen LogP contribution is -1.90. The minimum atomic E-state index is 0.918. The maximum Gasteiger partial charge on any atom is 0.136 e. The van der Waals surface area contributed by atoms with Crippen LogP contribution in [0.25, 0.3) is 117 Å². The molecule has 0 aliphatic rings. The first-order valence-electron chi connectivity index (χ1n) is 17.3. The van der Waals surface area contributed by atoms with Crippen molar-refractivity contribution in [3.63, 3.8) is 0 Å². The van der Waals surface area contributed by atoms with Gasteiger partial charge in [-0.05, 0) is 91.0 Å². The van der Waals surface area contributed by atoms with Crippen LogP contribution in [-0.2, 0) is 0 Å². The summed E-state index contributed by atoms with van der Waals surface area (Å²) in [6, 6.07) is 58.0. The van der Waals surface area contributed by atoms with E-state index in [0.29, 0.717) is 0 Å². The Bertz CT molecular complexity index is 3370. The van der Waals surface area contributed by atoms with Crippen molar-refractivity contribution in [2.24, 2.45) is 0 Å². The van der Waals surface area contributed by atoms with Gasteiger partial charge in [-0.2, -0.15) is 0 Å². The van der Waals surface area contributed by atoms with Crippen LogP contribution in [0.1, 0.15) is 0 Å². The molecule has 12 aromatic rings. The van der Waals surface area contributed by atoms with E-state index in [1.54, 1.807) is 0 Å². The quantitative estimate of drug-likeness (QED) is 0.165. The smallest absolute Gasteiger partial charge is 0.136 e. The molecule has 236 valence electrons. The molecule has 0 saturated heterocycles. The molecule has 3 heteroatoms. The monoisotopic (exact) mass is 682 g/mol. The van der Waals surface area contributed by atoms with Gasteiger partial charge >= 0.3 is 0 Å². The SMILES string of the molecule is c1ccc2c(c1)ccc1c2sc2ccc3sc4cc(-c5c6ccccc6c(-c6ccc7c(c6)oc6ccccc67)c6ccccc56)ccc4c3c21. The van der Waals surface area contributed by atoms with Crippen LogP contribution in [0.2, 0.25) is 0 Å². The molecular weight excluding hydrogens is 657 g/mol. The van der Waals surface area contributed by atoms with Crippen molar-refractivity contribution < 1.29 is 4.42 Å². The second-order valence-corrected chi connectivity index (χ2v) is 15.7. The summed E-state index contributed by atoms with van der Waals surface area (Å²) in [6.07, 6.45) is 0. The van der Waals surface area contributed by atoms with Crippen LogP contribution in [0.3, 0.4) is 0 Å². The summed E-state index contributed by atoms with van der Waals surface area (Å²) < 4.78 is 11.8. The number of hydrogen-bond donors (Lipinski definition) is 0. The molecule has 0 radical (unpaired) electrons. The summed E-state index contributed by atoms with van der Waals surface area (Å²) in [5.41, 5.74) is 6.79. The summed E-state index contributed by atoms with van der Waals surface area (Å²) >= 11 is 3.83. The highest BCUT2D eigenvalue weighted by Gasteiger charge is 2.20. The normalized spacial score (nSPS) is 12.3. The van der Waals surface area contributed by atoms with Crippen LogP contribution in [0.5, 0.6) is 0 Å². The molecule has 0 spiro atoms. The number of furan rings is 1. The third kappa shape index (κ3) is 3.85. The van der Waals surface area contributed by atoms with E-state index in [0.717, 1.165) is 21.9 Å². The largest absolute Gasteiger partial charge is 0.456 e. The fourth-order valence-electron chi connectivity index (χ4n) is 8.65. The zero-order chi connectivity index (χ0) is 33.2. The predicted octanol–water partition coefficient (Wildman–Crippen LogP) is 15.1. The van der Waals surface area contributed by atoms with Gasteiger partial charge in [-0.1, -0.05) is 121 Å². The average molecular weight is 683 g/mol. The van der Waals surface area contributed by atoms with E-state index in [9.17, 15) is 0 Å². The molecule has 3 heterocycles. The molecule has 1 nitrogen and oxygen atoms in total. The molecule has 51 heavy (non-hydrogen) atoms. The molecule has 0 aliphatic heterocycles. The predicted molar refractivity (Wildman–Crippen MR) is 223 cm³/mol. The second kappa shape index (κ2) is 10.3. The fourth-order valence-corrected chi connectivity index (χ4v) is 11.0. The molecule has 0 bridgehead atoms. The highest BCUT2D eigenvalue weighted by Crippen LogP contribution is 2.49. The lowest BCUT2D eigenvalue weighted by Gasteiger charge is -2.17. The lowest BCUT2D eigenvalue weighted by molar-refractivity contribution is 0.669. The summed E-state index contributed by atoms with van der Waals surface area (Å²) in [6.45, 7) is 0. The maximum absolute atomic E-state index is 6.36. The number of benzene rings is 9. The minimum Gasteiger partial charge on any atom is -0.456 e. The van der Waals surface area contributed by atoms with Crippen molar-refractivity contribution >= 4 is 117 Å². The Morgan fingerprint density at radius 2 is 0.863 bits per heavy atom. The van der Waals surface area contributed by atoms with E-state index in [1.807, 2.05) is 28.7 Å². The highest BCUT2D eigenvalue weighted by molar-refractivity contribution is 7.28. The van der Waals surface area contributed by atoms with Crippen molar-refractivity contribution in [1.82, 2.24) is 0 Å². The number of para-hydroxylation sites is 1. The zero-order valence-corrected chi connectivity index (χ0v) is 28.9. The molecular formula is C48H26OS2. The van der Waals surface area contributed by atoms with Gasteiger partial charge in [0, 0.05) is 51.1 Å². The van der Waals surface area contributed by atoms with Crippen LogP contribution in [0, 0.1) is 0 Å². The Morgan fingerprint density at radius 3 is 1.59 bits per heavy atom. The maximum atomic E-state index is 6.36. The Morgan fingerprint density at radius 1 is 0.333 bits per heavy atom. The second-order valence-electron chi connectivity index (χ2n) is 13.5. The van der Waals surface area contributed by atoms with Crippen molar-refractivity contribution in [1.29, 1.82) is 0 Å². The van der Waals surface area contributed by atoms with Gasteiger partial charge in [0.25, 0.3) is 0 Å². The van der Waals surface area contributed by atoms with Crippen LogP contribution < -0.4 is 0 Å². The minimum absolute atomic E-state index is 0.918. The van der Waals surface area contributed by atoms with Gasteiger partial charge in [0.1, 0.15) is 11.2 Å². The third-order valence-electron chi connectivity index (χ3n) is 10.8. The van der Waals surface area contributed by atoms with Gasteiger partial charge < -0.3 is 4.42 Å². The molecule has 3 aromatic heterocycles. The standard InChI is InChI=1S/C48H26OS2/c1-2-10-30-27(9-1)17-22-38-47-42(51-48(30)38)24-23-41-46(47)37-21-19-29(26-43(37)50-41)45-35-14-5-3-12-33(35)44(34-13-4-6-15-36(34)45)28-18-20-32-31-11-7-8-16-39(31)49-40(32)25-28/h1-26H. The van der Waals surface area contributed by atoms with Gasteiger partial charge in [0.2, 0.25) is 0 Å². The number of fused-ring (bicyclic) bond motifs is 14. The van der Waals surface area contributed by atoms with E-state index in [1.165, 1.54) is 94.9 Å². The van der Waals surface area contributed by atoms with Crippen LogP contribution in [0.15, 0.2) is 162 Å². The molecule has 0 saturated carbocycles. The fraction of sp³-hybridized carbons (Fsp3) is 0. The van der Waals surface area contributed by atoms with E-state index in [-0.39, 0.29) is 0 Å². The van der Waals surface area contributed by atoms with E-state index in [4.69, 9.17) is 4.42 Å². The van der Waals surface area contributed by atoms with Gasteiger partial charge in [-0.15, -0.1) is 22.7 Å². The Hall–Kier alpha value is -6.00. The van der Waals surface area contributed by atoms with Crippen molar-refractivity contribution in [2.75, 3.05) is 0 Å². The lowest BCUT2D eigenvalue weighted by atomic mass is 9.85. The van der Waals surface area contributed by atoms with E-state index < -0.39 is 0 Å². The van der Waals surface area contributed by atoms with Crippen molar-refractivity contribution in [3.05, 3.63) is 158 Å². The first-order valence-corrected chi connectivity index (χ1v) is 19.0. The van der Waals surface area contributed by atoms with Crippen LogP contribution >= 0.6 is 22.7 Å². The van der Waals surface area contributed by atoms with E-state index >= 15 is 0 Å². The van der Waals surface area contributed by atoms with Gasteiger partial charge in [-0.3, -0.25) is 0 Å². The van der Waals surface area contributed by atoms with Crippen LogP contribution in [0.4, 0.5) is 0 Å². The molecule has 9 aromatic carbocycles. The summed E-state index contributed by atoms with van der Waals surface area (Å²) in [5, 5.41) is 15.4. The molecule has 0 aliphatic carbocycles. The van der Waals surface area contributed by atoms with Gasteiger partial charge in [0.05, 0.1) is 0 Å². The van der Waals surface area contributed by atoms with E-state index in [2.05, 4.69) is 152 Å². The number of thiophene rings is 2. The molecule has 0 fully saturated rings. The first-order chi connectivity index (χ1) is 25.3. The average Bonchev–Trinajstić information content (AvgIpc) is 3.87. The summed E-state index contributed by atoms with van der Waals surface area (Å²) in [4.78, 5) is 0.